The molecule has 2 aliphatic rings. The van der Waals surface area contributed by atoms with Gasteiger partial charge in [-0.1, -0.05) is 41.4 Å². The molecule has 1 saturated heterocycles. The summed E-state index contributed by atoms with van der Waals surface area (Å²) in [6, 6.07) is 5.06. The summed E-state index contributed by atoms with van der Waals surface area (Å²) in [5.74, 6) is -2.92. The highest BCUT2D eigenvalue weighted by molar-refractivity contribution is 6.42. The second-order valence-electron chi connectivity index (χ2n) is 5.31. The van der Waals surface area contributed by atoms with E-state index in [0.717, 1.165) is 5.56 Å². The molecule has 7 heteroatoms. The maximum Gasteiger partial charge on any atom is 0.310 e. The monoisotopic (exact) mass is 341 g/mol. The van der Waals surface area contributed by atoms with Crippen LogP contribution in [0.5, 0.6) is 0 Å². The largest absolute Gasteiger partial charge is 0.481 e. The lowest BCUT2D eigenvalue weighted by Crippen LogP contribution is -2.42. The van der Waals surface area contributed by atoms with E-state index in [2.05, 4.69) is 5.32 Å². The molecule has 2 heterocycles. The fourth-order valence-electron chi connectivity index (χ4n) is 2.87. The first-order chi connectivity index (χ1) is 10.5. The Balaban J connectivity index is 1.68. The summed E-state index contributed by atoms with van der Waals surface area (Å²) in [7, 11) is 0. The maximum absolute atomic E-state index is 12.3. The molecule has 1 fully saturated rings. The lowest BCUT2D eigenvalue weighted by atomic mass is 9.82. The van der Waals surface area contributed by atoms with Crippen molar-refractivity contribution < 1.29 is 19.4 Å². The molecule has 2 bridgehead atoms. The van der Waals surface area contributed by atoms with E-state index in [-0.39, 0.29) is 12.5 Å². The van der Waals surface area contributed by atoms with Crippen molar-refractivity contribution in [3.05, 3.63) is 46.0 Å². The molecule has 0 aromatic heterocycles. The van der Waals surface area contributed by atoms with E-state index in [4.69, 9.17) is 27.9 Å². The van der Waals surface area contributed by atoms with Gasteiger partial charge < -0.3 is 15.2 Å². The van der Waals surface area contributed by atoms with Gasteiger partial charge in [-0.05, 0) is 17.7 Å². The van der Waals surface area contributed by atoms with Crippen LogP contribution in [0, 0.1) is 11.8 Å². The molecule has 2 aliphatic heterocycles. The lowest BCUT2D eigenvalue weighted by molar-refractivity contribution is -0.146. The van der Waals surface area contributed by atoms with Crippen molar-refractivity contribution in [2.24, 2.45) is 11.8 Å². The number of halogens is 2. The van der Waals surface area contributed by atoms with Gasteiger partial charge in [0, 0.05) is 6.54 Å². The number of ether oxygens (including phenoxy) is 1. The zero-order valence-electron chi connectivity index (χ0n) is 11.3. The van der Waals surface area contributed by atoms with Gasteiger partial charge in [-0.25, -0.2) is 0 Å². The lowest BCUT2D eigenvalue weighted by Gasteiger charge is -2.21. The highest BCUT2D eigenvalue weighted by atomic mass is 35.5. The first kappa shape index (κ1) is 15.3. The molecule has 0 aliphatic carbocycles. The molecule has 0 radical (unpaired) electrons. The van der Waals surface area contributed by atoms with Crippen molar-refractivity contribution in [3.8, 4) is 0 Å². The smallest absolute Gasteiger partial charge is 0.310 e. The standard InChI is InChI=1S/C15H13Cl2NO4/c16-8-2-1-7(5-9(8)17)6-18-14(19)12-10-3-4-11(22-10)13(12)15(20)21/h1-5,10-13H,6H2,(H,18,19)(H,20,21)/t10-,11-,12+,13-/m0/s1. The Hall–Kier alpha value is -1.56. The fourth-order valence-corrected chi connectivity index (χ4v) is 3.19. The summed E-state index contributed by atoms with van der Waals surface area (Å²) in [4.78, 5) is 23.7. The Morgan fingerprint density at radius 1 is 1.14 bits per heavy atom. The average molecular weight is 342 g/mol. The number of fused-ring (bicyclic) bond motifs is 2. The van der Waals surface area contributed by atoms with Gasteiger partial charge in [-0.15, -0.1) is 0 Å². The molecule has 1 amide bonds. The molecule has 0 unspecified atom stereocenters. The molecule has 3 rings (SSSR count). The van der Waals surface area contributed by atoms with Crippen LogP contribution in [-0.4, -0.2) is 29.2 Å². The molecule has 1 aromatic rings. The summed E-state index contributed by atoms with van der Waals surface area (Å²) >= 11 is 11.8. The number of nitrogens with one attached hydrogen (secondary N) is 1. The Morgan fingerprint density at radius 3 is 2.45 bits per heavy atom. The predicted molar refractivity (Wildman–Crippen MR) is 80.7 cm³/mol. The number of benzene rings is 1. The number of amides is 1. The third kappa shape index (κ3) is 2.72. The number of rotatable bonds is 4. The number of carbonyl (C=O) groups excluding carboxylic acids is 1. The van der Waals surface area contributed by atoms with Crippen LogP contribution >= 0.6 is 23.2 Å². The predicted octanol–water partition coefficient (Wildman–Crippen LogP) is 2.26. The molecule has 2 N–H and O–H groups in total. The van der Waals surface area contributed by atoms with Crippen molar-refractivity contribution >= 4 is 35.1 Å². The van der Waals surface area contributed by atoms with Gasteiger partial charge in [0.15, 0.2) is 0 Å². The Kier molecular flexibility index (Phi) is 4.12. The third-order valence-electron chi connectivity index (χ3n) is 3.94. The third-order valence-corrected chi connectivity index (χ3v) is 4.68. The SMILES string of the molecule is O=C(O)[C@@H]1[C@H](C(=O)NCc2ccc(Cl)c(Cl)c2)[C@@H]2C=C[C@@H]1O2. The normalized spacial score (nSPS) is 28.8. The van der Waals surface area contributed by atoms with Crippen molar-refractivity contribution in [2.75, 3.05) is 0 Å². The topological polar surface area (TPSA) is 75.6 Å². The minimum absolute atomic E-state index is 0.250. The van der Waals surface area contributed by atoms with Crippen molar-refractivity contribution in [1.29, 1.82) is 0 Å². The van der Waals surface area contributed by atoms with E-state index >= 15 is 0 Å². The fraction of sp³-hybridized carbons (Fsp3) is 0.333. The van der Waals surface area contributed by atoms with Crippen LogP contribution in [0.3, 0.4) is 0 Å². The Morgan fingerprint density at radius 2 is 1.82 bits per heavy atom. The van der Waals surface area contributed by atoms with Crippen LogP contribution in [-0.2, 0) is 20.9 Å². The molecule has 0 spiro atoms. The van der Waals surface area contributed by atoms with E-state index in [1.165, 1.54) is 0 Å². The highest BCUT2D eigenvalue weighted by Crippen LogP contribution is 2.39. The van der Waals surface area contributed by atoms with Gasteiger partial charge >= 0.3 is 5.97 Å². The van der Waals surface area contributed by atoms with Crippen molar-refractivity contribution in [3.63, 3.8) is 0 Å². The number of carbonyl (C=O) groups is 2. The second kappa shape index (κ2) is 5.91. The molecular weight excluding hydrogens is 329 g/mol. The maximum atomic E-state index is 12.3. The number of hydrogen-bond acceptors (Lipinski definition) is 3. The van der Waals surface area contributed by atoms with Crippen LogP contribution in [0.15, 0.2) is 30.4 Å². The number of aliphatic carboxylic acids is 1. The zero-order valence-corrected chi connectivity index (χ0v) is 12.8. The number of carboxylic acid groups (broad SMARTS) is 1. The summed E-state index contributed by atoms with van der Waals surface area (Å²) in [5, 5.41) is 12.9. The molecule has 4 atom stereocenters. The van der Waals surface area contributed by atoms with E-state index in [9.17, 15) is 14.7 Å². The van der Waals surface area contributed by atoms with Crippen LogP contribution < -0.4 is 5.32 Å². The van der Waals surface area contributed by atoms with E-state index in [1.54, 1.807) is 30.4 Å². The first-order valence-electron chi connectivity index (χ1n) is 6.75. The van der Waals surface area contributed by atoms with Crippen molar-refractivity contribution in [1.82, 2.24) is 5.32 Å². The number of hydrogen-bond donors (Lipinski definition) is 2. The Labute approximate surface area is 136 Å². The van der Waals surface area contributed by atoms with Gasteiger partial charge in [-0.2, -0.15) is 0 Å². The molecule has 1 aromatic carbocycles. The van der Waals surface area contributed by atoms with E-state index in [0.29, 0.717) is 10.0 Å². The number of carboxylic acids is 1. The quantitative estimate of drug-likeness (QED) is 0.823. The molecule has 5 nitrogen and oxygen atoms in total. The van der Waals surface area contributed by atoms with Crippen LogP contribution in [0.2, 0.25) is 10.0 Å². The Bertz CT molecular complexity index is 661. The molecule has 0 saturated carbocycles. The summed E-state index contributed by atoms with van der Waals surface area (Å²) in [5.41, 5.74) is 0.786. The average Bonchev–Trinajstić information content (AvgIpc) is 3.08. The van der Waals surface area contributed by atoms with Gasteiger partial charge in [0.05, 0.1) is 28.2 Å². The van der Waals surface area contributed by atoms with Crippen LogP contribution in [0.1, 0.15) is 5.56 Å². The van der Waals surface area contributed by atoms with Gasteiger partial charge in [-0.3, -0.25) is 9.59 Å². The minimum Gasteiger partial charge on any atom is -0.481 e. The van der Waals surface area contributed by atoms with Gasteiger partial charge in [0.2, 0.25) is 5.91 Å². The summed E-state index contributed by atoms with van der Waals surface area (Å²) in [6.07, 6.45) is 2.45. The van der Waals surface area contributed by atoms with Crippen LogP contribution in [0.25, 0.3) is 0 Å². The summed E-state index contributed by atoms with van der Waals surface area (Å²) in [6.45, 7) is 0.250. The zero-order chi connectivity index (χ0) is 15.9. The molecule has 22 heavy (non-hydrogen) atoms. The first-order valence-corrected chi connectivity index (χ1v) is 7.51. The van der Waals surface area contributed by atoms with Gasteiger partial charge in [0.25, 0.3) is 0 Å². The van der Waals surface area contributed by atoms with Crippen LogP contribution in [0.4, 0.5) is 0 Å². The van der Waals surface area contributed by atoms with Crippen molar-refractivity contribution in [2.45, 2.75) is 18.8 Å². The minimum atomic E-state index is -1.02. The molecule has 116 valence electrons. The molecular formula is C15H13Cl2NO4. The summed E-state index contributed by atoms with van der Waals surface area (Å²) < 4.78 is 5.48. The van der Waals surface area contributed by atoms with E-state index < -0.39 is 30.0 Å². The second-order valence-corrected chi connectivity index (χ2v) is 6.12. The van der Waals surface area contributed by atoms with E-state index in [1.807, 2.05) is 0 Å². The van der Waals surface area contributed by atoms with Gasteiger partial charge in [0.1, 0.15) is 5.92 Å². The highest BCUT2D eigenvalue weighted by Gasteiger charge is 2.53.